The number of hydrogen-bond acceptors (Lipinski definition) is 2. The van der Waals surface area contributed by atoms with Gasteiger partial charge < -0.3 is 10.2 Å². The molecule has 0 aliphatic heterocycles. The summed E-state index contributed by atoms with van der Waals surface area (Å²) in [4.78, 5) is 0. The van der Waals surface area contributed by atoms with Crippen LogP contribution in [0.2, 0.25) is 0 Å². The number of aliphatic hydroxyl groups excluding tert-OH is 2. The first-order chi connectivity index (χ1) is 12.6. The van der Waals surface area contributed by atoms with Crippen LogP contribution in [-0.4, -0.2) is 28.6 Å². The highest BCUT2D eigenvalue weighted by molar-refractivity contribution is 5.25. The Morgan fingerprint density at radius 3 is 2.56 bits per heavy atom. The van der Waals surface area contributed by atoms with Gasteiger partial charge in [0.1, 0.15) is 6.10 Å². The number of rotatable bonds is 2. The van der Waals surface area contributed by atoms with E-state index in [1.807, 2.05) is 0 Å². The lowest BCUT2D eigenvalue weighted by atomic mass is 9.47. The smallest absolute Gasteiger partial charge is 0.393 e. The second-order valence-electron chi connectivity index (χ2n) is 10.3. The Morgan fingerprint density at radius 2 is 1.85 bits per heavy atom. The van der Waals surface area contributed by atoms with Crippen molar-refractivity contribution in [1.82, 2.24) is 0 Å². The van der Waals surface area contributed by atoms with Crippen molar-refractivity contribution in [3.63, 3.8) is 0 Å². The third-order valence-electron chi connectivity index (χ3n) is 9.16. The van der Waals surface area contributed by atoms with Crippen LogP contribution < -0.4 is 0 Å². The molecule has 0 heterocycles. The summed E-state index contributed by atoms with van der Waals surface area (Å²) in [5.41, 5.74) is 1.50. The molecule has 0 aromatic carbocycles. The van der Waals surface area contributed by atoms with E-state index in [1.54, 1.807) is 0 Å². The van der Waals surface area contributed by atoms with Gasteiger partial charge in [-0.2, -0.15) is 13.2 Å². The molecule has 4 aliphatic carbocycles. The molecular formula is C22H33F3O2. The minimum Gasteiger partial charge on any atom is -0.393 e. The van der Waals surface area contributed by atoms with Crippen molar-refractivity contribution < 1.29 is 23.4 Å². The van der Waals surface area contributed by atoms with Gasteiger partial charge in [0.15, 0.2) is 0 Å². The van der Waals surface area contributed by atoms with Gasteiger partial charge in [0, 0.05) is 0 Å². The topological polar surface area (TPSA) is 40.5 Å². The van der Waals surface area contributed by atoms with Crippen LogP contribution in [0, 0.1) is 34.5 Å². The van der Waals surface area contributed by atoms with Crippen LogP contribution >= 0.6 is 0 Å². The molecule has 0 spiro atoms. The van der Waals surface area contributed by atoms with Gasteiger partial charge >= 0.3 is 6.18 Å². The maximum atomic E-state index is 12.9. The quantitative estimate of drug-likeness (QED) is 0.637. The van der Waals surface area contributed by atoms with Gasteiger partial charge in [0.2, 0.25) is 0 Å². The Bertz CT molecular complexity index is 615. The van der Waals surface area contributed by atoms with E-state index in [2.05, 4.69) is 19.9 Å². The van der Waals surface area contributed by atoms with Crippen LogP contribution in [0.25, 0.3) is 0 Å². The normalized spacial score (nSPS) is 48.3. The van der Waals surface area contributed by atoms with E-state index in [0.717, 1.165) is 51.4 Å². The molecular weight excluding hydrogens is 353 g/mol. The number of halogens is 3. The molecule has 5 heteroatoms. The van der Waals surface area contributed by atoms with Crippen molar-refractivity contribution in [2.45, 2.75) is 90.0 Å². The lowest BCUT2D eigenvalue weighted by Crippen LogP contribution is -2.50. The Labute approximate surface area is 160 Å². The van der Waals surface area contributed by atoms with E-state index in [4.69, 9.17) is 0 Å². The fourth-order valence-corrected chi connectivity index (χ4v) is 7.54. The highest BCUT2D eigenvalue weighted by Crippen LogP contribution is 2.66. The number of allylic oxidation sites excluding steroid dienone is 1. The van der Waals surface area contributed by atoms with Crippen molar-refractivity contribution in [3.05, 3.63) is 11.6 Å². The minimum atomic E-state index is -4.51. The van der Waals surface area contributed by atoms with E-state index in [0.29, 0.717) is 17.8 Å². The zero-order chi connectivity index (χ0) is 19.6. The maximum Gasteiger partial charge on any atom is 0.414 e. The molecule has 3 saturated carbocycles. The minimum absolute atomic E-state index is 0.0357. The van der Waals surface area contributed by atoms with E-state index in [-0.39, 0.29) is 29.3 Å². The van der Waals surface area contributed by atoms with E-state index >= 15 is 0 Å². The maximum absolute atomic E-state index is 12.9. The molecule has 154 valence electrons. The van der Waals surface area contributed by atoms with Gasteiger partial charge in [-0.05, 0) is 92.3 Å². The monoisotopic (exact) mass is 386 g/mol. The summed E-state index contributed by atoms with van der Waals surface area (Å²) in [6.07, 6.45) is 2.84. The van der Waals surface area contributed by atoms with Crippen molar-refractivity contribution in [3.8, 4) is 0 Å². The lowest BCUT2D eigenvalue weighted by molar-refractivity contribution is -0.211. The van der Waals surface area contributed by atoms with E-state index in [9.17, 15) is 23.4 Å². The van der Waals surface area contributed by atoms with Gasteiger partial charge in [-0.15, -0.1) is 0 Å². The predicted octanol–water partition coefficient (Wildman–Crippen LogP) is 5.24. The Hall–Kier alpha value is -0.550. The summed E-state index contributed by atoms with van der Waals surface area (Å²) in [7, 11) is 0. The molecule has 8 atom stereocenters. The van der Waals surface area contributed by atoms with Crippen LogP contribution in [-0.2, 0) is 0 Å². The number of hydrogen-bond donors (Lipinski definition) is 2. The van der Waals surface area contributed by atoms with Gasteiger partial charge in [-0.1, -0.05) is 25.5 Å². The highest BCUT2D eigenvalue weighted by atomic mass is 19.4. The predicted molar refractivity (Wildman–Crippen MR) is 97.9 cm³/mol. The lowest BCUT2D eigenvalue weighted by Gasteiger charge is -2.58. The standard InChI is InChI=1S/C22H33F3O2/c1-20-9-7-15(26)11-13(20)3-5-16-17-6-4-14(12-19(27)22(23,24)25)21(17,2)10-8-18(16)20/h3,14-19,26-27H,4-12H2,1-2H3/t14-,15?,16+,17?,18?,19?,20?,21-/m1/s1. The van der Waals surface area contributed by atoms with Crippen LogP contribution in [0.3, 0.4) is 0 Å². The molecule has 3 fully saturated rings. The molecule has 0 bridgehead atoms. The summed E-state index contributed by atoms with van der Waals surface area (Å²) in [5, 5.41) is 19.7. The SMILES string of the molecule is CC12CCC(O)CC1=CC[C@@H]1C2CC[C@@]2(C)C1CC[C@@H]2CC(O)C(F)(F)F. The molecule has 0 aromatic rings. The summed E-state index contributed by atoms with van der Waals surface area (Å²) in [6, 6.07) is 0. The molecule has 5 unspecified atom stereocenters. The van der Waals surface area contributed by atoms with Crippen LogP contribution in [0.5, 0.6) is 0 Å². The first-order valence-corrected chi connectivity index (χ1v) is 10.7. The van der Waals surface area contributed by atoms with Crippen LogP contribution in [0.15, 0.2) is 11.6 Å². The van der Waals surface area contributed by atoms with E-state index < -0.39 is 12.3 Å². The molecule has 27 heavy (non-hydrogen) atoms. The molecule has 0 saturated heterocycles. The summed E-state index contributed by atoms with van der Waals surface area (Å²) < 4.78 is 38.7. The summed E-state index contributed by atoms with van der Waals surface area (Å²) >= 11 is 0. The van der Waals surface area contributed by atoms with Crippen LogP contribution in [0.4, 0.5) is 13.2 Å². The molecule has 2 N–H and O–H groups in total. The zero-order valence-electron chi connectivity index (χ0n) is 16.4. The molecule has 0 radical (unpaired) electrons. The number of aliphatic hydroxyl groups is 2. The van der Waals surface area contributed by atoms with Gasteiger partial charge in [0.05, 0.1) is 6.10 Å². The van der Waals surface area contributed by atoms with Crippen molar-refractivity contribution in [1.29, 1.82) is 0 Å². The third-order valence-corrected chi connectivity index (χ3v) is 9.16. The molecule has 2 nitrogen and oxygen atoms in total. The molecule has 0 aromatic heterocycles. The number of fused-ring (bicyclic) bond motifs is 5. The van der Waals surface area contributed by atoms with E-state index in [1.165, 1.54) is 5.57 Å². The second kappa shape index (κ2) is 6.48. The largest absolute Gasteiger partial charge is 0.414 e. The van der Waals surface area contributed by atoms with Crippen molar-refractivity contribution in [2.24, 2.45) is 34.5 Å². The van der Waals surface area contributed by atoms with Gasteiger partial charge in [-0.25, -0.2) is 0 Å². The summed E-state index contributed by atoms with van der Waals surface area (Å²) in [5.74, 6) is 1.56. The fraction of sp³-hybridized carbons (Fsp3) is 0.909. The molecule has 4 rings (SSSR count). The second-order valence-corrected chi connectivity index (χ2v) is 10.3. The third kappa shape index (κ3) is 3.08. The Balaban J connectivity index is 1.55. The van der Waals surface area contributed by atoms with Crippen molar-refractivity contribution in [2.75, 3.05) is 0 Å². The highest BCUT2D eigenvalue weighted by Gasteiger charge is 2.59. The Morgan fingerprint density at radius 1 is 1.11 bits per heavy atom. The van der Waals surface area contributed by atoms with Gasteiger partial charge in [-0.3, -0.25) is 0 Å². The zero-order valence-corrected chi connectivity index (χ0v) is 16.4. The fourth-order valence-electron chi connectivity index (χ4n) is 7.54. The average molecular weight is 386 g/mol. The van der Waals surface area contributed by atoms with Crippen LogP contribution in [0.1, 0.15) is 71.6 Å². The summed E-state index contributed by atoms with van der Waals surface area (Å²) in [6.45, 7) is 4.56. The molecule has 4 aliphatic rings. The first-order valence-electron chi connectivity index (χ1n) is 10.7. The number of alkyl halides is 3. The first kappa shape index (κ1) is 19.8. The van der Waals surface area contributed by atoms with Gasteiger partial charge in [0.25, 0.3) is 0 Å². The van der Waals surface area contributed by atoms with Crippen molar-refractivity contribution >= 4 is 0 Å². The molecule has 0 amide bonds. The Kier molecular flexibility index (Phi) is 4.74. The average Bonchev–Trinajstić information content (AvgIpc) is 2.91.